The molecule has 0 fully saturated rings. The first-order valence-corrected chi connectivity index (χ1v) is 8.70. The Morgan fingerprint density at radius 1 is 1.00 bits per heavy atom. The summed E-state index contributed by atoms with van der Waals surface area (Å²) in [6.07, 6.45) is 4.03. The molecule has 134 valence electrons. The second kappa shape index (κ2) is 7.97. The third-order valence-corrected chi connectivity index (χ3v) is 4.65. The van der Waals surface area contributed by atoms with Crippen LogP contribution in [0.2, 0.25) is 0 Å². The number of rotatable bonds is 5. The SMILES string of the molecule is C[C@H](N[C@@H]1C(=O)N[C@H](c2ccccc2)C=C[C@H]1c1ccccc1)C(N)=O. The molecule has 0 spiro atoms. The van der Waals surface area contributed by atoms with Crippen molar-refractivity contribution in [1.29, 1.82) is 0 Å². The lowest BCUT2D eigenvalue weighted by Crippen LogP contribution is -2.53. The third kappa shape index (κ3) is 4.00. The van der Waals surface area contributed by atoms with Crippen molar-refractivity contribution >= 4 is 11.8 Å². The molecule has 3 rings (SSSR count). The molecule has 1 aliphatic rings. The predicted octanol–water partition coefficient (Wildman–Crippen LogP) is 2.03. The van der Waals surface area contributed by atoms with Crippen LogP contribution in [0.25, 0.3) is 0 Å². The Bertz CT molecular complexity index is 789. The van der Waals surface area contributed by atoms with E-state index in [0.717, 1.165) is 11.1 Å². The number of nitrogens with one attached hydrogen (secondary N) is 2. The summed E-state index contributed by atoms with van der Waals surface area (Å²) < 4.78 is 0. The maximum Gasteiger partial charge on any atom is 0.238 e. The summed E-state index contributed by atoms with van der Waals surface area (Å²) in [6, 6.07) is 18.1. The average Bonchev–Trinajstić information content (AvgIpc) is 2.82. The van der Waals surface area contributed by atoms with Crippen LogP contribution < -0.4 is 16.4 Å². The van der Waals surface area contributed by atoms with E-state index in [2.05, 4.69) is 10.6 Å². The summed E-state index contributed by atoms with van der Waals surface area (Å²) in [6.45, 7) is 1.67. The molecule has 2 aromatic rings. The van der Waals surface area contributed by atoms with Crippen molar-refractivity contribution in [1.82, 2.24) is 10.6 Å². The quantitative estimate of drug-likeness (QED) is 0.722. The van der Waals surface area contributed by atoms with Crippen molar-refractivity contribution in [2.75, 3.05) is 0 Å². The zero-order valence-electron chi connectivity index (χ0n) is 14.6. The largest absolute Gasteiger partial charge is 0.368 e. The van der Waals surface area contributed by atoms with Gasteiger partial charge in [0.2, 0.25) is 11.8 Å². The highest BCUT2D eigenvalue weighted by atomic mass is 16.2. The number of amides is 2. The maximum absolute atomic E-state index is 13.0. The van der Waals surface area contributed by atoms with Gasteiger partial charge in [-0.2, -0.15) is 0 Å². The molecule has 0 bridgehead atoms. The maximum atomic E-state index is 13.0. The Morgan fingerprint density at radius 3 is 2.15 bits per heavy atom. The Labute approximate surface area is 153 Å². The van der Waals surface area contributed by atoms with Crippen LogP contribution >= 0.6 is 0 Å². The van der Waals surface area contributed by atoms with Gasteiger partial charge in [-0.25, -0.2) is 0 Å². The van der Waals surface area contributed by atoms with Crippen molar-refractivity contribution in [2.45, 2.75) is 31.0 Å². The monoisotopic (exact) mass is 349 g/mol. The van der Waals surface area contributed by atoms with Crippen molar-refractivity contribution in [2.24, 2.45) is 5.73 Å². The molecule has 4 atom stereocenters. The van der Waals surface area contributed by atoms with Crippen molar-refractivity contribution in [3.05, 3.63) is 83.9 Å². The second-order valence-electron chi connectivity index (χ2n) is 6.49. The number of carbonyl (C=O) groups is 2. The number of hydrogen-bond acceptors (Lipinski definition) is 3. The highest BCUT2D eigenvalue weighted by Crippen LogP contribution is 2.27. The zero-order chi connectivity index (χ0) is 18.5. The van der Waals surface area contributed by atoms with Gasteiger partial charge in [0, 0.05) is 5.92 Å². The standard InChI is InChI=1S/C21H23N3O2/c1-14(20(22)25)23-19-17(15-8-4-2-5-9-15)12-13-18(24-21(19)26)16-10-6-3-7-11-16/h2-14,17-19,23H,1H3,(H2,22,25)(H,24,26)/t14-,17-,18-,19-/m0/s1. The average molecular weight is 349 g/mol. The molecule has 2 aromatic carbocycles. The van der Waals surface area contributed by atoms with E-state index in [4.69, 9.17) is 5.73 Å². The van der Waals surface area contributed by atoms with E-state index in [1.807, 2.05) is 72.8 Å². The fraction of sp³-hybridized carbons (Fsp3) is 0.238. The van der Waals surface area contributed by atoms with Gasteiger partial charge in [0.1, 0.15) is 0 Å². The molecule has 0 aromatic heterocycles. The Morgan fingerprint density at radius 2 is 1.58 bits per heavy atom. The molecule has 0 unspecified atom stereocenters. The smallest absolute Gasteiger partial charge is 0.238 e. The van der Waals surface area contributed by atoms with E-state index >= 15 is 0 Å². The summed E-state index contributed by atoms with van der Waals surface area (Å²) in [5, 5.41) is 6.14. The minimum absolute atomic E-state index is 0.161. The zero-order valence-corrected chi connectivity index (χ0v) is 14.6. The van der Waals surface area contributed by atoms with Crippen LogP contribution in [0.5, 0.6) is 0 Å². The molecule has 0 aliphatic carbocycles. The van der Waals surface area contributed by atoms with Crippen molar-refractivity contribution in [3.63, 3.8) is 0 Å². The van der Waals surface area contributed by atoms with E-state index in [1.54, 1.807) is 6.92 Å². The first-order chi connectivity index (χ1) is 12.6. The first-order valence-electron chi connectivity index (χ1n) is 8.70. The molecular weight excluding hydrogens is 326 g/mol. The minimum atomic E-state index is -0.612. The van der Waals surface area contributed by atoms with E-state index < -0.39 is 18.0 Å². The van der Waals surface area contributed by atoms with Crippen LogP contribution in [0, 0.1) is 0 Å². The molecule has 1 aliphatic heterocycles. The molecule has 26 heavy (non-hydrogen) atoms. The molecule has 5 nitrogen and oxygen atoms in total. The van der Waals surface area contributed by atoms with Gasteiger partial charge in [-0.05, 0) is 18.1 Å². The number of primary amides is 1. The van der Waals surface area contributed by atoms with Gasteiger partial charge >= 0.3 is 0 Å². The van der Waals surface area contributed by atoms with Gasteiger partial charge in [0.15, 0.2) is 0 Å². The van der Waals surface area contributed by atoms with E-state index in [9.17, 15) is 9.59 Å². The minimum Gasteiger partial charge on any atom is -0.368 e. The summed E-state index contributed by atoms with van der Waals surface area (Å²) in [5.74, 6) is -0.852. The van der Waals surface area contributed by atoms with Crippen molar-refractivity contribution < 1.29 is 9.59 Å². The lowest BCUT2D eigenvalue weighted by atomic mass is 9.90. The summed E-state index contributed by atoms with van der Waals surface area (Å²) >= 11 is 0. The molecule has 4 N–H and O–H groups in total. The lowest BCUT2D eigenvalue weighted by molar-refractivity contribution is -0.124. The number of nitrogens with two attached hydrogens (primary N) is 1. The number of carbonyl (C=O) groups excluding carboxylic acids is 2. The van der Waals surface area contributed by atoms with Crippen LogP contribution in [0.1, 0.15) is 30.0 Å². The normalized spacial score (nSPS) is 23.7. The predicted molar refractivity (Wildman–Crippen MR) is 101 cm³/mol. The van der Waals surface area contributed by atoms with Crippen LogP contribution in [0.15, 0.2) is 72.8 Å². The molecule has 0 saturated heterocycles. The molecule has 0 saturated carbocycles. The Kier molecular flexibility index (Phi) is 5.49. The fourth-order valence-corrected chi connectivity index (χ4v) is 3.16. The van der Waals surface area contributed by atoms with Crippen LogP contribution in [0.3, 0.4) is 0 Å². The molecule has 5 heteroatoms. The molecule has 1 heterocycles. The molecule has 0 radical (unpaired) electrons. The highest BCUT2D eigenvalue weighted by molar-refractivity contribution is 5.86. The van der Waals surface area contributed by atoms with Crippen LogP contribution in [0.4, 0.5) is 0 Å². The third-order valence-electron chi connectivity index (χ3n) is 4.65. The molecule has 2 amide bonds. The van der Waals surface area contributed by atoms with E-state index in [-0.39, 0.29) is 17.9 Å². The molecular formula is C21H23N3O2. The van der Waals surface area contributed by atoms with Gasteiger partial charge in [0.25, 0.3) is 0 Å². The fourth-order valence-electron chi connectivity index (χ4n) is 3.16. The summed E-state index contributed by atoms with van der Waals surface area (Å²) in [5.41, 5.74) is 7.40. The van der Waals surface area contributed by atoms with Gasteiger partial charge in [-0.15, -0.1) is 0 Å². The number of hydrogen-bond donors (Lipinski definition) is 3. The van der Waals surface area contributed by atoms with Gasteiger partial charge in [-0.1, -0.05) is 72.8 Å². The Hall–Kier alpha value is -2.92. The van der Waals surface area contributed by atoms with E-state index in [0.29, 0.717) is 0 Å². The highest BCUT2D eigenvalue weighted by Gasteiger charge is 2.33. The number of benzene rings is 2. The second-order valence-corrected chi connectivity index (χ2v) is 6.49. The summed E-state index contributed by atoms with van der Waals surface area (Å²) in [7, 11) is 0. The van der Waals surface area contributed by atoms with Gasteiger partial charge < -0.3 is 11.1 Å². The van der Waals surface area contributed by atoms with Gasteiger partial charge in [0.05, 0.1) is 18.1 Å². The Balaban J connectivity index is 1.95. The lowest BCUT2D eigenvalue weighted by Gasteiger charge is -2.26. The van der Waals surface area contributed by atoms with E-state index in [1.165, 1.54) is 0 Å². The summed E-state index contributed by atoms with van der Waals surface area (Å²) in [4.78, 5) is 24.5. The van der Waals surface area contributed by atoms with Gasteiger partial charge in [-0.3, -0.25) is 14.9 Å². The van der Waals surface area contributed by atoms with Crippen LogP contribution in [-0.2, 0) is 9.59 Å². The van der Waals surface area contributed by atoms with Crippen LogP contribution in [-0.4, -0.2) is 23.9 Å². The van der Waals surface area contributed by atoms with Crippen molar-refractivity contribution in [3.8, 4) is 0 Å². The topological polar surface area (TPSA) is 84.2 Å². The first kappa shape index (κ1) is 17.9.